The molecule has 0 heterocycles. The Morgan fingerprint density at radius 3 is 2.57 bits per heavy atom. The van der Waals surface area contributed by atoms with Crippen LogP contribution < -0.4 is 0 Å². The smallest absolute Gasteiger partial charge is 0.0379 e. The zero-order chi connectivity index (χ0) is 15.4. The molecule has 10 aliphatic rings. The molecule has 118 valence electrons. The number of rotatable bonds is 0. The lowest BCUT2D eigenvalue weighted by Gasteiger charge is -2.89. The summed E-state index contributed by atoms with van der Waals surface area (Å²) in [4.78, 5) is 0. The Morgan fingerprint density at radius 1 is 0.913 bits per heavy atom. The van der Waals surface area contributed by atoms with Gasteiger partial charge >= 0.3 is 0 Å². The second-order valence-corrected chi connectivity index (χ2v) is 11.0. The third kappa shape index (κ3) is 0.872. The lowest BCUT2D eigenvalue weighted by molar-refractivity contribution is -0.410. The van der Waals surface area contributed by atoms with E-state index in [1.54, 1.807) is 0 Å². The summed E-state index contributed by atoms with van der Waals surface area (Å²) in [6, 6.07) is 0. The van der Waals surface area contributed by atoms with Gasteiger partial charge in [-0.2, -0.15) is 0 Å². The molecule has 11 atom stereocenters. The van der Waals surface area contributed by atoms with Crippen LogP contribution in [0.4, 0.5) is 0 Å². The van der Waals surface area contributed by atoms with Crippen molar-refractivity contribution in [3.63, 3.8) is 0 Å². The third-order valence-corrected chi connectivity index (χ3v) is 11.3. The van der Waals surface area contributed by atoms with Crippen molar-refractivity contribution in [1.29, 1.82) is 0 Å². The van der Waals surface area contributed by atoms with Crippen molar-refractivity contribution >= 4 is 0 Å². The molecule has 0 N–H and O–H groups in total. The molecule has 0 heteroatoms. The molecular weight excluding hydrogens is 276 g/mol. The van der Waals surface area contributed by atoms with Crippen LogP contribution in [0.5, 0.6) is 0 Å². The molecule has 10 rings (SSSR count). The van der Waals surface area contributed by atoms with Gasteiger partial charge < -0.3 is 0 Å². The van der Waals surface area contributed by atoms with Crippen molar-refractivity contribution in [2.75, 3.05) is 0 Å². The predicted molar refractivity (Wildman–Crippen MR) is 89.8 cm³/mol. The number of terminal acetylenes is 2. The first-order valence-electron chi connectivity index (χ1n) is 9.99. The summed E-state index contributed by atoms with van der Waals surface area (Å²) in [5.41, 5.74) is 1.66. The van der Waals surface area contributed by atoms with E-state index < -0.39 is 0 Å². The first-order chi connectivity index (χ1) is 11.0. The molecule has 10 aliphatic carbocycles. The molecule has 0 aromatic rings. The second-order valence-electron chi connectivity index (χ2n) is 11.0. The zero-order valence-electron chi connectivity index (χ0n) is 14.1. The molecule has 10 saturated carbocycles. The van der Waals surface area contributed by atoms with Gasteiger partial charge in [0.1, 0.15) is 0 Å². The average molecular weight is 302 g/mol. The van der Waals surface area contributed by atoms with Gasteiger partial charge in [0.15, 0.2) is 0 Å². The SMILES string of the molecule is C#CC12CC3C4CC5(C#C)C6CC7CC5C(C)(C4C1)C(C7)(C2)C36. The van der Waals surface area contributed by atoms with E-state index in [9.17, 15) is 0 Å². The van der Waals surface area contributed by atoms with E-state index in [-0.39, 0.29) is 10.8 Å². The Balaban J connectivity index is 1.58. The largest absolute Gasteiger partial charge is 0.120 e. The summed E-state index contributed by atoms with van der Waals surface area (Å²) in [6.07, 6.45) is 22.3. The molecular formula is C23H26. The van der Waals surface area contributed by atoms with Crippen LogP contribution in [0.1, 0.15) is 51.9 Å². The van der Waals surface area contributed by atoms with E-state index in [4.69, 9.17) is 12.8 Å². The van der Waals surface area contributed by atoms with Crippen molar-refractivity contribution in [2.45, 2.75) is 51.9 Å². The second kappa shape index (κ2) is 3.03. The highest BCUT2D eigenvalue weighted by Gasteiger charge is 2.87. The summed E-state index contributed by atoms with van der Waals surface area (Å²) in [5, 5.41) is 0. The van der Waals surface area contributed by atoms with Gasteiger partial charge in [0.25, 0.3) is 0 Å². The Bertz CT molecular complexity index is 749. The summed E-state index contributed by atoms with van der Waals surface area (Å²) in [6.45, 7) is 2.70. The molecule has 11 unspecified atom stereocenters. The summed E-state index contributed by atoms with van der Waals surface area (Å²) >= 11 is 0. The van der Waals surface area contributed by atoms with Gasteiger partial charge in [-0.05, 0) is 97.2 Å². The first kappa shape index (κ1) is 12.5. The minimum atomic E-state index is 0.268. The highest BCUT2D eigenvalue weighted by Crippen LogP contribution is 2.92. The van der Waals surface area contributed by atoms with E-state index in [1.165, 1.54) is 44.9 Å². The third-order valence-electron chi connectivity index (χ3n) is 11.3. The highest BCUT2D eigenvalue weighted by molar-refractivity contribution is 5.40. The van der Waals surface area contributed by atoms with Crippen LogP contribution in [0, 0.1) is 87.8 Å². The topological polar surface area (TPSA) is 0 Å². The Kier molecular flexibility index (Phi) is 1.64. The van der Waals surface area contributed by atoms with E-state index in [2.05, 4.69) is 18.8 Å². The lowest BCUT2D eigenvalue weighted by atomic mass is 9.14. The monoisotopic (exact) mass is 302 g/mol. The Labute approximate surface area is 140 Å². The fourth-order valence-electron chi connectivity index (χ4n) is 11.3. The van der Waals surface area contributed by atoms with E-state index in [1.807, 2.05) is 0 Å². The van der Waals surface area contributed by atoms with Gasteiger partial charge in [-0.1, -0.05) is 18.8 Å². The molecule has 1 spiro atoms. The highest BCUT2D eigenvalue weighted by atomic mass is 14.9. The molecule has 23 heavy (non-hydrogen) atoms. The van der Waals surface area contributed by atoms with Crippen molar-refractivity contribution < 1.29 is 0 Å². The molecule has 0 nitrogen and oxygen atoms in total. The van der Waals surface area contributed by atoms with E-state index in [0.29, 0.717) is 10.8 Å². The Hall–Kier alpha value is -0.880. The summed E-state index contributed by atoms with van der Waals surface area (Å²) in [7, 11) is 0. The molecule has 0 amide bonds. The summed E-state index contributed by atoms with van der Waals surface area (Å²) in [5.74, 6) is 13.2. The van der Waals surface area contributed by atoms with Gasteiger partial charge in [-0.25, -0.2) is 0 Å². The molecule has 0 radical (unpaired) electrons. The average Bonchev–Trinajstić information content (AvgIpc) is 2.56. The van der Waals surface area contributed by atoms with E-state index in [0.717, 1.165) is 41.4 Å². The van der Waals surface area contributed by atoms with Gasteiger partial charge in [0, 0.05) is 10.8 Å². The van der Waals surface area contributed by atoms with Crippen molar-refractivity contribution in [3.05, 3.63) is 0 Å². The normalized spacial score (nSPS) is 74.1. The lowest BCUT2D eigenvalue weighted by Crippen LogP contribution is -2.84. The first-order valence-corrected chi connectivity index (χ1v) is 9.99. The number of hydrogen-bond acceptors (Lipinski definition) is 0. The standard InChI is InChI=1S/C23H26/c1-4-21-9-15-14-10-22(5-2)16-6-13-7-18(22)20(3,17(14)11-21)23(8-13,12-21)19(15)16/h1-2,13-19H,6-12H2,3H3. The summed E-state index contributed by atoms with van der Waals surface area (Å²) < 4.78 is 0. The molecule has 0 saturated heterocycles. The molecule has 0 aliphatic heterocycles. The van der Waals surface area contributed by atoms with Crippen LogP contribution >= 0.6 is 0 Å². The minimum Gasteiger partial charge on any atom is -0.120 e. The maximum absolute atomic E-state index is 6.31. The zero-order valence-corrected chi connectivity index (χ0v) is 14.1. The molecule has 11 bridgehead atoms. The molecule has 0 aromatic carbocycles. The molecule has 0 aromatic heterocycles. The maximum atomic E-state index is 6.31. The fraction of sp³-hybridized carbons (Fsp3) is 0.826. The Morgan fingerprint density at radius 2 is 1.78 bits per heavy atom. The van der Waals surface area contributed by atoms with Gasteiger partial charge in [-0.15, -0.1) is 12.8 Å². The van der Waals surface area contributed by atoms with E-state index >= 15 is 0 Å². The van der Waals surface area contributed by atoms with Crippen molar-refractivity contribution in [2.24, 2.45) is 63.1 Å². The van der Waals surface area contributed by atoms with Crippen LogP contribution in [-0.4, -0.2) is 0 Å². The van der Waals surface area contributed by atoms with Crippen LogP contribution in [0.15, 0.2) is 0 Å². The van der Waals surface area contributed by atoms with Crippen molar-refractivity contribution in [3.8, 4) is 24.7 Å². The minimum absolute atomic E-state index is 0.268. The number of hydrogen-bond donors (Lipinski definition) is 0. The van der Waals surface area contributed by atoms with Crippen LogP contribution in [0.3, 0.4) is 0 Å². The van der Waals surface area contributed by atoms with Gasteiger partial charge in [-0.3, -0.25) is 0 Å². The maximum Gasteiger partial charge on any atom is 0.0379 e. The fourth-order valence-corrected chi connectivity index (χ4v) is 11.3. The van der Waals surface area contributed by atoms with Crippen LogP contribution in [0.2, 0.25) is 0 Å². The van der Waals surface area contributed by atoms with Crippen LogP contribution in [-0.2, 0) is 0 Å². The molecule has 10 fully saturated rings. The van der Waals surface area contributed by atoms with Gasteiger partial charge in [0.05, 0.1) is 0 Å². The quantitative estimate of drug-likeness (QED) is 0.583. The van der Waals surface area contributed by atoms with Crippen LogP contribution in [0.25, 0.3) is 0 Å². The van der Waals surface area contributed by atoms with Crippen molar-refractivity contribution in [1.82, 2.24) is 0 Å². The van der Waals surface area contributed by atoms with Gasteiger partial charge in [0.2, 0.25) is 0 Å². The predicted octanol–water partition coefficient (Wildman–Crippen LogP) is 4.36.